The Morgan fingerprint density at radius 3 is 1.09 bits per heavy atom. The van der Waals surface area contributed by atoms with Crippen molar-refractivity contribution in [1.82, 2.24) is 0 Å². The number of benzene rings is 7. The molecule has 0 saturated carbocycles. The lowest BCUT2D eigenvalue weighted by atomic mass is 9.65. The highest BCUT2D eigenvalue weighted by molar-refractivity contribution is 5.77. The highest BCUT2D eigenvalue weighted by atomic mass is 15.1. The molecule has 0 fully saturated rings. The molecule has 0 N–H and O–H groups in total. The number of nitrogens with zero attached hydrogens (tertiary/aromatic N) is 2. The molecule has 0 amide bonds. The van der Waals surface area contributed by atoms with Crippen LogP contribution in [0.15, 0.2) is 194 Å². The molecule has 0 saturated heterocycles. The number of anilines is 3. The third-order valence-corrected chi connectivity index (χ3v) is 8.67. The molecular formula is C44H32N2. The second-order valence-corrected chi connectivity index (χ2v) is 11.3. The molecule has 7 aromatic carbocycles. The summed E-state index contributed by atoms with van der Waals surface area (Å²) in [5.74, 6) is 0. The number of nitriles is 1. The van der Waals surface area contributed by atoms with E-state index < -0.39 is 5.41 Å². The predicted octanol–water partition coefficient (Wildman–Crippen LogP) is 11.1. The zero-order valence-corrected chi connectivity index (χ0v) is 25.4. The fraction of sp³-hybridized carbons (Fsp3) is 0.0227. The summed E-state index contributed by atoms with van der Waals surface area (Å²) in [6, 6.07) is 70.5. The minimum atomic E-state index is -0.561. The first-order chi connectivity index (χ1) is 22.8. The van der Waals surface area contributed by atoms with Crippen LogP contribution in [-0.2, 0) is 5.41 Å². The van der Waals surface area contributed by atoms with Crippen LogP contribution in [0.25, 0.3) is 11.1 Å². The first-order valence-corrected chi connectivity index (χ1v) is 15.5. The van der Waals surface area contributed by atoms with E-state index in [1.54, 1.807) is 0 Å². The summed E-state index contributed by atoms with van der Waals surface area (Å²) in [5.41, 5.74) is 10.4. The quantitative estimate of drug-likeness (QED) is 0.165. The molecule has 218 valence electrons. The van der Waals surface area contributed by atoms with E-state index in [1.165, 1.54) is 22.3 Å². The van der Waals surface area contributed by atoms with Gasteiger partial charge in [0, 0.05) is 17.1 Å². The molecule has 0 aliphatic heterocycles. The standard InChI is InChI=1S/C44H32N2/c45-33-34-21-23-35(24-22-34)36-25-27-39(28-26-36)44(37-13-5-1-6-14-37,38-15-7-2-8-16-38)40-29-31-43(32-30-40)46(41-17-9-3-10-18-41)42-19-11-4-12-20-42/h1-32H. The molecular weight excluding hydrogens is 556 g/mol. The summed E-state index contributed by atoms with van der Waals surface area (Å²) in [7, 11) is 0. The molecule has 7 rings (SSSR count). The van der Waals surface area contributed by atoms with Crippen LogP contribution in [0.3, 0.4) is 0 Å². The van der Waals surface area contributed by atoms with Gasteiger partial charge in [0.25, 0.3) is 0 Å². The van der Waals surface area contributed by atoms with E-state index >= 15 is 0 Å². The summed E-state index contributed by atoms with van der Waals surface area (Å²) < 4.78 is 0. The molecule has 0 heterocycles. The second-order valence-electron chi connectivity index (χ2n) is 11.3. The summed E-state index contributed by atoms with van der Waals surface area (Å²) in [6.45, 7) is 0. The number of hydrogen-bond acceptors (Lipinski definition) is 2. The van der Waals surface area contributed by atoms with E-state index in [4.69, 9.17) is 0 Å². The molecule has 0 aromatic heterocycles. The fourth-order valence-corrected chi connectivity index (χ4v) is 6.49. The van der Waals surface area contributed by atoms with Gasteiger partial charge >= 0.3 is 0 Å². The van der Waals surface area contributed by atoms with Crippen LogP contribution in [0.4, 0.5) is 17.1 Å². The molecule has 0 bridgehead atoms. The Morgan fingerprint density at radius 1 is 0.348 bits per heavy atom. The molecule has 2 nitrogen and oxygen atoms in total. The second kappa shape index (κ2) is 12.8. The molecule has 46 heavy (non-hydrogen) atoms. The van der Waals surface area contributed by atoms with Gasteiger partial charge in [-0.05, 0) is 81.9 Å². The topological polar surface area (TPSA) is 27.0 Å². The molecule has 7 aromatic rings. The van der Waals surface area contributed by atoms with Crippen LogP contribution >= 0.6 is 0 Å². The van der Waals surface area contributed by atoms with E-state index in [0.717, 1.165) is 28.2 Å². The van der Waals surface area contributed by atoms with Crippen molar-refractivity contribution in [3.63, 3.8) is 0 Å². The van der Waals surface area contributed by atoms with Gasteiger partial charge in [0.2, 0.25) is 0 Å². The van der Waals surface area contributed by atoms with Crippen LogP contribution in [0, 0.1) is 11.3 Å². The Hall–Kier alpha value is -6.17. The van der Waals surface area contributed by atoms with Crippen LogP contribution < -0.4 is 4.90 Å². The first-order valence-electron chi connectivity index (χ1n) is 15.5. The van der Waals surface area contributed by atoms with E-state index in [1.807, 2.05) is 24.3 Å². The maximum absolute atomic E-state index is 9.26. The summed E-state index contributed by atoms with van der Waals surface area (Å²) in [4.78, 5) is 2.29. The Bertz CT molecular complexity index is 1970. The van der Waals surface area contributed by atoms with Crippen molar-refractivity contribution in [2.45, 2.75) is 5.41 Å². The zero-order chi connectivity index (χ0) is 31.2. The molecule has 0 unspecified atom stereocenters. The maximum atomic E-state index is 9.26. The maximum Gasteiger partial charge on any atom is 0.0991 e. The normalized spacial score (nSPS) is 11.0. The Morgan fingerprint density at radius 2 is 0.674 bits per heavy atom. The van der Waals surface area contributed by atoms with Crippen LogP contribution in [0.5, 0.6) is 0 Å². The molecule has 0 aliphatic carbocycles. The lowest BCUT2D eigenvalue weighted by Gasteiger charge is -2.37. The predicted molar refractivity (Wildman–Crippen MR) is 190 cm³/mol. The first kappa shape index (κ1) is 28.6. The average Bonchev–Trinajstić information content (AvgIpc) is 3.15. The lowest BCUT2D eigenvalue weighted by molar-refractivity contribution is 0.745. The Balaban J connectivity index is 1.40. The lowest BCUT2D eigenvalue weighted by Crippen LogP contribution is -2.31. The summed E-state index contributed by atoms with van der Waals surface area (Å²) >= 11 is 0. The number of rotatable bonds is 8. The van der Waals surface area contributed by atoms with E-state index in [0.29, 0.717) is 5.56 Å². The van der Waals surface area contributed by atoms with Gasteiger partial charge in [-0.15, -0.1) is 0 Å². The Kier molecular flexibility index (Phi) is 7.97. The van der Waals surface area contributed by atoms with E-state index in [-0.39, 0.29) is 0 Å². The van der Waals surface area contributed by atoms with Crippen molar-refractivity contribution in [3.8, 4) is 17.2 Å². The molecule has 0 aliphatic rings. The van der Waals surface area contributed by atoms with Gasteiger partial charge in [0.05, 0.1) is 17.0 Å². The van der Waals surface area contributed by atoms with E-state index in [9.17, 15) is 5.26 Å². The van der Waals surface area contributed by atoms with E-state index in [2.05, 4.69) is 181 Å². The number of para-hydroxylation sites is 2. The fourth-order valence-electron chi connectivity index (χ4n) is 6.49. The van der Waals surface area contributed by atoms with Crippen molar-refractivity contribution >= 4 is 17.1 Å². The monoisotopic (exact) mass is 588 g/mol. The minimum Gasteiger partial charge on any atom is -0.311 e. The third kappa shape index (κ3) is 5.36. The minimum absolute atomic E-state index is 0.561. The van der Waals surface area contributed by atoms with Gasteiger partial charge in [-0.25, -0.2) is 0 Å². The largest absolute Gasteiger partial charge is 0.311 e. The molecule has 0 atom stereocenters. The van der Waals surface area contributed by atoms with Crippen LogP contribution in [0.1, 0.15) is 27.8 Å². The summed E-state index contributed by atoms with van der Waals surface area (Å²) in [6.07, 6.45) is 0. The van der Waals surface area contributed by atoms with Gasteiger partial charge in [0.15, 0.2) is 0 Å². The smallest absolute Gasteiger partial charge is 0.0991 e. The van der Waals surface area contributed by atoms with Gasteiger partial charge in [-0.1, -0.05) is 146 Å². The van der Waals surface area contributed by atoms with Crippen molar-refractivity contribution < 1.29 is 0 Å². The van der Waals surface area contributed by atoms with Crippen molar-refractivity contribution in [3.05, 3.63) is 222 Å². The molecule has 2 heteroatoms. The molecule has 0 spiro atoms. The zero-order valence-electron chi connectivity index (χ0n) is 25.4. The number of hydrogen-bond donors (Lipinski definition) is 0. The van der Waals surface area contributed by atoms with Gasteiger partial charge < -0.3 is 4.90 Å². The van der Waals surface area contributed by atoms with Crippen LogP contribution in [0.2, 0.25) is 0 Å². The Labute approximate surface area is 271 Å². The van der Waals surface area contributed by atoms with Crippen molar-refractivity contribution in [1.29, 1.82) is 5.26 Å². The summed E-state index contributed by atoms with van der Waals surface area (Å²) in [5, 5.41) is 9.26. The average molecular weight is 589 g/mol. The van der Waals surface area contributed by atoms with Gasteiger partial charge in [-0.2, -0.15) is 5.26 Å². The third-order valence-electron chi connectivity index (χ3n) is 8.67. The highest BCUT2D eigenvalue weighted by Crippen LogP contribution is 2.46. The highest BCUT2D eigenvalue weighted by Gasteiger charge is 2.38. The van der Waals surface area contributed by atoms with Crippen molar-refractivity contribution in [2.75, 3.05) is 4.90 Å². The SMILES string of the molecule is N#Cc1ccc(-c2ccc(C(c3ccccc3)(c3ccccc3)c3ccc(N(c4ccccc4)c4ccccc4)cc3)cc2)cc1. The van der Waals surface area contributed by atoms with Gasteiger partial charge in [0.1, 0.15) is 0 Å². The van der Waals surface area contributed by atoms with Crippen molar-refractivity contribution in [2.24, 2.45) is 0 Å². The molecule has 0 radical (unpaired) electrons. The van der Waals surface area contributed by atoms with Gasteiger partial charge in [-0.3, -0.25) is 0 Å². The van der Waals surface area contributed by atoms with Crippen LogP contribution in [-0.4, -0.2) is 0 Å².